The van der Waals surface area contributed by atoms with Gasteiger partial charge in [-0.15, -0.1) is 0 Å². The second-order valence-corrected chi connectivity index (χ2v) is 7.03. The molecule has 0 fully saturated rings. The van der Waals surface area contributed by atoms with Crippen molar-refractivity contribution in [3.63, 3.8) is 0 Å². The van der Waals surface area contributed by atoms with Crippen LogP contribution in [0.15, 0.2) is 54.6 Å². The summed E-state index contributed by atoms with van der Waals surface area (Å²) in [6, 6.07) is 12.2. The Kier molecular flexibility index (Phi) is 9.03. The summed E-state index contributed by atoms with van der Waals surface area (Å²) >= 11 is 0. The smallest absolute Gasteiger partial charge is 0.408 e. The molecule has 0 aromatic heterocycles. The number of carbonyl (C=O) groups is 4. The van der Waals surface area contributed by atoms with Crippen LogP contribution >= 0.6 is 0 Å². The zero-order valence-corrected chi connectivity index (χ0v) is 17.2. The number of primary amides is 1. The van der Waals surface area contributed by atoms with Crippen LogP contribution in [0, 0.1) is 0 Å². The van der Waals surface area contributed by atoms with Crippen LogP contribution in [-0.4, -0.2) is 46.2 Å². The Morgan fingerprint density at radius 2 is 1.56 bits per heavy atom. The van der Waals surface area contributed by atoms with Crippen LogP contribution in [0.25, 0.3) is 0 Å². The van der Waals surface area contributed by atoms with Crippen molar-refractivity contribution in [1.82, 2.24) is 10.6 Å². The van der Waals surface area contributed by atoms with E-state index < -0.39 is 36.0 Å². The minimum Gasteiger partial charge on any atom is -0.508 e. The molecule has 2 rings (SSSR count). The lowest BCUT2D eigenvalue weighted by Crippen LogP contribution is -2.52. The number of amides is 3. The highest BCUT2D eigenvalue weighted by molar-refractivity contribution is 5.89. The number of rotatable bonds is 11. The van der Waals surface area contributed by atoms with E-state index in [1.54, 1.807) is 24.3 Å². The fourth-order valence-electron chi connectivity index (χ4n) is 2.80. The van der Waals surface area contributed by atoms with Crippen molar-refractivity contribution in [3.8, 4) is 5.75 Å². The van der Waals surface area contributed by atoms with Crippen molar-refractivity contribution in [2.24, 2.45) is 5.73 Å². The van der Waals surface area contributed by atoms with Crippen molar-refractivity contribution in [3.05, 3.63) is 65.7 Å². The number of nitrogens with two attached hydrogens (primary N) is 1. The molecule has 0 saturated heterocycles. The highest BCUT2D eigenvalue weighted by Gasteiger charge is 2.27. The molecule has 0 saturated carbocycles. The molecular formula is C22H25N3O7. The van der Waals surface area contributed by atoms with E-state index in [0.29, 0.717) is 5.56 Å². The maximum atomic E-state index is 12.7. The summed E-state index contributed by atoms with van der Waals surface area (Å²) < 4.78 is 5.09. The summed E-state index contributed by atoms with van der Waals surface area (Å²) in [5.41, 5.74) is 6.45. The molecule has 0 radical (unpaired) electrons. The van der Waals surface area contributed by atoms with E-state index in [4.69, 9.17) is 10.5 Å². The Balaban J connectivity index is 2.01. The predicted octanol–water partition coefficient (Wildman–Crippen LogP) is 1.06. The number of ether oxygens (including phenoxy) is 1. The van der Waals surface area contributed by atoms with E-state index in [-0.39, 0.29) is 31.6 Å². The number of phenolic OH excluding ortho intramolecular Hbond substituents is 1. The summed E-state index contributed by atoms with van der Waals surface area (Å²) in [4.78, 5) is 47.6. The Morgan fingerprint density at radius 3 is 2.16 bits per heavy atom. The maximum Gasteiger partial charge on any atom is 0.408 e. The predicted molar refractivity (Wildman–Crippen MR) is 113 cm³/mol. The number of carboxylic acid groups (broad SMARTS) is 1. The van der Waals surface area contributed by atoms with Crippen molar-refractivity contribution in [1.29, 1.82) is 0 Å². The van der Waals surface area contributed by atoms with E-state index in [9.17, 15) is 29.4 Å². The van der Waals surface area contributed by atoms with Crippen LogP contribution in [0.2, 0.25) is 0 Å². The van der Waals surface area contributed by atoms with Crippen LogP contribution < -0.4 is 16.4 Å². The van der Waals surface area contributed by atoms with Crippen LogP contribution in [0.4, 0.5) is 4.79 Å². The monoisotopic (exact) mass is 443 g/mol. The number of benzene rings is 2. The molecule has 0 spiro atoms. The van der Waals surface area contributed by atoms with E-state index in [1.807, 2.05) is 6.07 Å². The minimum absolute atomic E-state index is 0.0226. The zero-order chi connectivity index (χ0) is 23.5. The van der Waals surface area contributed by atoms with E-state index in [2.05, 4.69) is 10.6 Å². The van der Waals surface area contributed by atoms with Crippen molar-refractivity contribution in [2.75, 3.05) is 0 Å². The number of carboxylic acids is 1. The number of hydrogen-bond donors (Lipinski definition) is 5. The first-order valence-corrected chi connectivity index (χ1v) is 9.81. The average molecular weight is 443 g/mol. The summed E-state index contributed by atoms with van der Waals surface area (Å²) in [5.74, 6) is -2.74. The topological polar surface area (TPSA) is 168 Å². The summed E-state index contributed by atoms with van der Waals surface area (Å²) in [6.07, 6.45) is -1.29. The van der Waals surface area contributed by atoms with Crippen molar-refractivity contribution in [2.45, 2.75) is 38.0 Å². The Hall–Kier alpha value is -4.08. The SMILES string of the molecule is NC(=O)CC[C@H](NC(=O)OCc1ccccc1)C(=O)N[C@H](Cc1ccc(O)cc1)C(=O)O. The molecule has 3 amide bonds. The molecule has 0 heterocycles. The first-order chi connectivity index (χ1) is 15.2. The third-order valence-electron chi connectivity index (χ3n) is 4.49. The molecule has 0 aliphatic carbocycles. The van der Waals surface area contributed by atoms with Gasteiger partial charge in [0.15, 0.2) is 0 Å². The molecule has 2 aromatic carbocycles. The molecule has 2 aromatic rings. The Labute approximate surface area is 184 Å². The van der Waals surface area contributed by atoms with E-state index in [0.717, 1.165) is 5.56 Å². The number of nitrogens with one attached hydrogen (secondary N) is 2. The number of aromatic hydroxyl groups is 1. The van der Waals surface area contributed by atoms with E-state index >= 15 is 0 Å². The Bertz CT molecular complexity index is 932. The maximum absolute atomic E-state index is 12.7. The minimum atomic E-state index is -1.30. The fourth-order valence-corrected chi connectivity index (χ4v) is 2.80. The second kappa shape index (κ2) is 11.9. The fraction of sp³-hybridized carbons (Fsp3) is 0.273. The van der Waals surface area contributed by atoms with Crippen LogP contribution in [0.3, 0.4) is 0 Å². The van der Waals surface area contributed by atoms with Crippen LogP contribution in [0.5, 0.6) is 5.75 Å². The van der Waals surface area contributed by atoms with Gasteiger partial charge in [0.25, 0.3) is 0 Å². The summed E-state index contributed by atoms with van der Waals surface area (Å²) in [5, 5.41) is 23.5. The number of phenols is 1. The van der Waals surface area contributed by atoms with Gasteiger partial charge in [-0.1, -0.05) is 42.5 Å². The first kappa shape index (κ1) is 24.2. The van der Waals surface area contributed by atoms with Gasteiger partial charge in [0.05, 0.1) is 0 Å². The molecule has 170 valence electrons. The highest BCUT2D eigenvalue weighted by Crippen LogP contribution is 2.12. The van der Waals surface area contributed by atoms with Gasteiger partial charge in [-0.3, -0.25) is 9.59 Å². The summed E-state index contributed by atoms with van der Waals surface area (Å²) in [6.45, 7) is -0.0323. The molecular weight excluding hydrogens is 418 g/mol. The third kappa shape index (κ3) is 8.34. The van der Waals surface area contributed by atoms with Crippen molar-refractivity contribution < 1.29 is 34.1 Å². The number of hydrogen-bond acceptors (Lipinski definition) is 6. The van der Waals surface area contributed by atoms with Gasteiger partial charge in [0, 0.05) is 12.8 Å². The number of aliphatic carboxylic acids is 1. The molecule has 10 nitrogen and oxygen atoms in total. The number of alkyl carbamates (subject to hydrolysis) is 1. The largest absolute Gasteiger partial charge is 0.508 e. The molecule has 6 N–H and O–H groups in total. The summed E-state index contributed by atoms with van der Waals surface area (Å²) in [7, 11) is 0. The zero-order valence-electron chi connectivity index (χ0n) is 17.2. The van der Waals surface area contributed by atoms with Gasteiger partial charge < -0.3 is 31.3 Å². The molecule has 0 bridgehead atoms. The lowest BCUT2D eigenvalue weighted by Gasteiger charge is -2.21. The van der Waals surface area contributed by atoms with Gasteiger partial charge in [-0.2, -0.15) is 0 Å². The molecule has 32 heavy (non-hydrogen) atoms. The van der Waals surface area contributed by atoms with Gasteiger partial charge in [0.2, 0.25) is 11.8 Å². The molecule has 10 heteroatoms. The Morgan fingerprint density at radius 1 is 0.906 bits per heavy atom. The number of carbonyl (C=O) groups excluding carboxylic acids is 3. The van der Waals surface area contributed by atoms with Gasteiger partial charge in [-0.25, -0.2) is 9.59 Å². The third-order valence-corrected chi connectivity index (χ3v) is 4.49. The van der Waals surface area contributed by atoms with Crippen LogP contribution in [-0.2, 0) is 32.1 Å². The second-order valence-electron chi connectivity index (χ2n) is 7.03. The van der Waals surface area contributed by atoms with Gasteiger partial charge in [-0.05, 0) is 29.7 Å². The van der Waals surface area contributed by atoms with Gasteiger partial charge in [0.1, 0.15) is 24.4 Å². The van der Waals surface area contributed by atoms with Gasteiger partial charge >= 0.3 is 12.1 Å². The standard InChI is InChI=1S/C22H25N3O7/c23-19(27)11-10-17(25-22(31)32-13-15-4-2-1-3-5-15)20(28)24-18(21(29)30)12-14-6-8-16(26)9-7-14/h1-9,17-18,26H,10-13H2,(H2,23,27)(H,24,28)(H,25,31)(H,29,30)/t17-,18+/m0/s1. The molecule has 0 aliphatic heterocycles. The van der Waals surface area contributed by atoms with Crippen molar-refractivity contribution >= 4 is 23.9 Å². The average Bonchev–Trinajstić information content (AvgIpc) is 2.76. The molecule has 0 aliphatic rings. The van der Waals surface area contributed by atoms with E-state index in [1.165, 1.54) is 24.3 Å². The highest BCUT2D eigenvalue weighted by atomic mass is 16.5. The normalized spacial score (nSPS) is 12.2. The molecule has 0 unspecified atom stereocenters. The quantitative estimate of drug-likeness (QED) is 0.346. The lowest BCUT2D eigenvalue weighted by molar-refractivity contribution is -0.142. The lowest BCUT2D eigenvalue weighted by atomic mass is 10.0. The molecule has 2 atom stereocenters. The van der Waals surface area contributed by atoms with Crippen LogP contribution in [0.1, 0.15) is 24.0 Å². The first-order valence-electron chi connectivity index (χ1n) is 9.81.